The average Bonchev–Trinajstić information content (AvgIpc) is 2.52. The highest BCUT2D eigenvalue weighted by Gasteiger charge is 2.10. The lowest BCUT2D eigenvalue weighted by Gasteiger charge is -2.10. The molecule has 2 rings (SSSR count). The normalized spacial score (nSPS) is 10.0. The van der Waals surface area contributed by atoms with Crippen molar-refractivity contribution in [2.75, 3.05) is 17.7 Å². The Morgan fingerprint density at radius 1 is 1.13 bits per heavy atom. The third-order valence-corrected chi connectivity index (χ3v) is 3.28. The largest absolute Gasteiger partial charge is 0.453 e. The van der Waals surface area contributed by atoms with Gasteiger partial charge in [-0.15, -0.1) is 0 Å². The van der Waals surface area contributed by atoms with Gasteiger partial charge in [-0.3, -0.25) is 10.1 Å². The monoisotopic (exact) mass is 316 g/mol. The molecule has 0 saturated heterocycles. The van der Waals surface area contributed by atoms with Crippen molar-refractivity contribution >= 4 is 23.4 Å². The zero-order valence-corrected chi connectivity index (χ0v) is 12.9. The van der Waals surface area contributed by atoms with Gasteiger partial charge in [0, 0.05) is 5.69 Å². The minimum absolute atomic E-state index is 0.0643. The summed E-state index contributed by atoms with van der Waals surface area (Å²) >= 11 is 0. The third kappa shape index (κ3) is 4.54. The number of aryl methyl sites for hydroxylation is 1. The van der Waals surface area contributed by atoms with E-state index >= 15 is 0 Å². The molecule has 2 aromatic rings. The zero-order valence-electron chi connectivity index (χ0n) is 12.9. The van der Waals surface area contributed by atoms with E-state index in [9.17, 15) is 14.0 Å². The Hall–Kier alpha value is -2.89. The van der Waals surface area contributed by atoms with Crippen LogP contribution in [0.1, 0.15) is 11.1 Å². The first-order chi connectivity index (χ1) is 11.0. The predicted octanol–water partition coefficient (Wildman–Crippen LogP) is 3.49. The van der Waals surface area contributed by atoms with Gasteiger partial charge in [0.05, 0.1) is 19.2 Å². The number of carbonyl (C=O) groups excluding carboxylic acids is 2. The summed E-state index contributed by atoms with van der Waals surface area (Å²) in [6.45, 7) is 1.93. The molecule has 2 amide bonds. The SMILES string of the molecule is COC(=O)Nc1cc(NC(=O)Cc2ccccc2C)ccc1F. The minimum Gasteiger partial charge on any atom is -0.453 e. The van der Waals surface area contributed by atoms with Gasteiger partial charge in [-0.05, 0) is 36.2 Å². The van der Waals surface area contributed by atoms with Gasteiger partial charge in [0.1, 0.15) is 5.82 Å². The van der Waals surface area contributed by atoms with Crippen LogP contribution in [0.5, 0.6) is 0 Å². The van der Waals surface area contributed by atoms with E-state index in [1.54, 1.807) is 0 Å². The first-order valence-corrected chi connectivity index (χ1v) is 6.98. The van der Waals surface area contributed by atoms with E-state index < -0.39 is 11.9 Å². The molecule has 0 atom stereocenters. The summed E-state index contributed by atoms with van der Waals surface area (Å²) in [5.41, 5.74) is 2.26. The molecule has 6 heteroatoms. The molecule has 23 heavy (non-hydrogen) atoms. The summed E-state index contributed by atoms with van der Waals surface area (Å²) in [6.07, 6.45) is -0.573. The van der Waals surface area contributed by atoms with Crippen LogP contribution in [0.25, 0.3) is 0 Å². The molecule has 0 aliphatic rings. The molecule has 0 aromatic heterocycles. The molecule has 0 spiro atoms. The molecule has 120 valence electrons. The van der Waals surface area contributed by atoms with Crippen LogP contribution in [-0.4, -0.2) is 19.1 Å². The number of halogens is 1. The van der Waals surface area contributed by atoms with Crippen LogP contribution in [-0.2, 0) is 16.0 Å². The van der Waals surface area contributed by atoms with Gasteiger partial charge in [-0.1, -0.05) is 24.3 Å². The maximum absolute atomic E-state index is 13.6. The average molecular weight is 316 g/mol. The van der Waals surface area contributed by atoms with Crippen LogP contribution in [0.15, 0.2) is 42.5 Å². The molecular weight excluding hydrogens is 299 g/mol. The van der Waals surface area contributed by atoms with Crippen molar-refractivity contribution in [2.24, 2.45) is 0 Å². The number of benzene rings is 2. The Labute approximate surface area is 133 Å². The highest BCUT2D eigenvalue weighted by molar-refractivity contribution is 5.93. The minimum atomic E-state index is -0.785. The predicted molar refractivity (Wildman–Crippen MR) is 85.9 cm³/mol. The molecule has 0 unspecified atom stereocenters. The van der Waals surface area contributed by atoms with Crippen LogP contribution < -0.4 is 10.6 Å². The number of nitrogens with one attached hydrogen (secondary N) is 2. The lowest BCUT2D eigenvalue weighted by molar-refractivity contribution is -0.115. The van der Waals surface area contributed by atoms with E-state index in [1.165, 1.54) is 19.2 Å². The van der Waals surface area contributed by atoms with Crippen LogP contribution in [0.3, 0.4) is 0 Å². The molecule has 5 nitrogen and oxygen atoms in total. The fourth-order valence-corrected chi connectivity index (χ4v) is 2.05. The highest BCUT2D eigenvalue weighted by atomic mass is 19.1. The molecule has 0 radical (unpaired) electrons. The molecule has 0 saturated carbocycles. The Kier molecular flexibility index (Phi) is 5.30. The van der Waals surface area contributed by atoms with Gasteiger partial charge < -0.3 is 10.1 Å². The highest BCUT2D eigenvalue weighted by Crippen LogP contribution is 2.20. The van der Waals surface area contributed by atoms with Crippen LogP contribution in [0, 0.1) is 12.7 Å². The van der Waals surface area contributed by atoms with E-state index in [0.717, 1.165) is 17.2 Å². The molecule has 0 fully saturated rings. The maximum atomic E-state index is 13.6. The van der Waals surface area contributed by atoms with E-state index in [0.29, 0.717) is 5.69 Å². The van der Waals surface area contributed by atoms with Crippen molar-refractivity contribution in [1.29, 1.82) is 0 Å². The standard InChI is InChI=1S/C17H17FN2O3/c1-11-5-3-4-6-12(11)9-16(21)19-13-7-8-14(18)15(10-13)20-17(22)23-2/h3-8,10H,9H2,1-2H3,(H,19,21)(H,20,22). The Morgan fingerprint density at radius 2 is 1.87 bits per heavy atom. The Bertz CT molecular complexity index is 732. The summed E-state index contributed by atoms with van der Waals surface area (Å²) in [6, 6.07) is 11.5. The van der Waals surface area contributed by atoms with Gasteiger partial charge in [0.2, 0.25) is 5.91 Å². The molecule has 0 aliphatic carbocycles. The van der Waals surface area contributed by atoms with E-state index in [2.05, 4.69) is 15.4 Å². The first-order valence-electron chi connectivity index (χ1n) is 6.98. The lowest BCUT2D eigenvalue weighted by atomic mass is 10.1. The van der Waals surface area contributed by atoms with Crippen molar-refractivity contribution in [1.82, 2.24) is 0 Å². The summed E-state index contributed by atoms with van der Waals surface area (Å²) in [5.74, 6) is -0.845. The van der Waals surface area contributed by atoms with Gasteiger partial charge in [-0.25, -0.2) is 9.18 Å². The second kappa shape index (κ2) is 7.40. The fraction of sp³-hybridized carbons (Fsp3) is 0.176. The zero-order chi connectivity index (χ0) is 16.8. The molecule has 0 heterocycles. The maximum Gasteiger partial charge on any atom is 0.411 e. The molecule has 0 bridgehead atoms. The van der Waals surface area contributed by atoms with Crippen molar-refractivity contribution in [3.05, 3.63) is 59.4 Å². The van der Waals surface area contributed by atoms with Gasteiger partial charge in [-0.2, -0.15) is 0 Å². The fourth-order valence-electron chi connectivity index (χ4n) is 2.05. The topological polar surface area (TPSA) is 67.4 Å². The lowest BCUT2D eigenvalue weighted by Crippen LogP contribution is -2.16. The summed E-state index contributed by atoms with van der Waals surface area (Å²) in [5, 5.41) is 4.92. The van der Waals surface area contributed by atoms with E-state index in [1.807, 2.05) is 31.2 Å². The second-order valence-electron chi connectivity index (χ2n) is 4.96. The Balaban J connectivity index is 2.08. The van der Waals surface area contributed by atoms with Crippen molar-refractivity contribution in [3.63, 3.8) is 0 Å². The van der Waals surface area contributed by atoms with Crippen molar-refractivity contribution in [3.8, 4) is 0 Å². The molecular formula is C17H17FN2O3. The first kappa shape index (κ1) is 16.5. The van der Waals surface area contributed by atoms with Crippen molar-refractivity contribution in [2.45, 2.75) is 13.3 Å². The quantitative estimate of drug-likeness (QED) is 0.907. The summed E-state index contributed by atoms with van der Waals surface area (Å²) < 4.78 is 18.0. The number of hydrogen-bond acceptors (Lipinski definition) is 3. The van der Waals surface area contributed by atoms with Crippen LogP contribution in [0.2, 0.25) is 0 Å². The van der Waals surface area contributed by atoms with Gasteiger partial charge in [0.25, 0.3) is 0 Å². The summed E-state index contributed by atoms with van der Waals surface area (Å²) in [7, 11) is 1.18. The van der Waals surface area contributed by atoms with Crippen molar-refractivity contribution < 1.29 is 18.7 Å². The van der Waals surface area contributed by atoms with Crippen LogP contribution >= 0.6 is 0 Å². The molecule has 2 aromatic carbocycles. The van der Waals surface area contributed by atoms with Gasteiger partial charge in [0.15, 0.2) is 0 Å². The summed E-state index contributed by atoms with van der Waals surface area (Å²) in [4.78, 5) is 23.3. The number of amides is 2. The smallest absolute Gasteiger partial charge is 0.411 e. The van der Waals surface area contributed by atoms with E-state index in [-0.39, 0.29) is 18.0 Å². The van der Waals surface area contributed by atoms with E-state index in [4.69, 9.17) is 0 Å². The van der Waals surface area contributed by atoms with Gasteiger partial charge >= 0.3 is 6.09 Å². The number of anilines is 2. The second-order valence-corrected chi connectivity index (χ2v) is 4.96. The number of carbonyl (C=O) groups is 2. The number of hydrogen-bond donors (Lipinski definition) is 2. The number of methoxy groups -OCH3 is 1. The molecule has 2 N–H and O–H groups in total. The number of ether oxygens (including phenoxy) is 1. The molecule has 0 aliphatic heterocycles. The number of rotatable bonds is 4. The Morgan fingerprint density at radius 3 is 2.57 bits per heavy atom. The van der Waals surface area contributed by atoms with Crippen LogP contribution in [0.4, 0.5) is 20.6 Å². The third-order valence-electron chi connectivity index (χ3n) is 3.28.